The van der Waals surface area contributed by atoms with Gasteiger partial charge >= 0.3 is 0 Å². The molecule has 2 aromatic rings. The Kier molecular flexibility index (Phi) is 3.24. The summed E-state index contributed by atoms with van der Waals surface area (Å²) in [4.78, 5) is 0. The van der Waals surface area contributed by atoms with E-state index in [0.717, 1.165) is 27.8 Å². The third kappa shape index (κ3) is 2.07. The number of aliphatic hydroxyl groups is 1. The van der Waals surface area contributed by atoms with Crippen molar-refractivity contribution in [1.82, 2.24) is 0 Å². The van der Waals surface area contributed by atoms with Crippen molar-refractivity contribution < 1.29 is 9.84 Å². The van der Waals surface area contributed by atoms with E-state index in [1.165, 1.54) is 0 Å². The summed E-state index contributed by atoms with van der Waals surface area (Å²) in [5.74, 6) is 0.703. The molecule has 1 aliphatic heterocycles. The first-order valence-corrected chi connectivity index (χ1v) is 6.38. The van der Waals surface area contributed by atoms with Gasteiger partial charge in [0.05, 0.1) is 12.7 Å². The molecule has 0 fully saturated rings. The fourth-order valence-corrected chi connectivity index (χ4v) is 2.44. The molecule has 1 N–H and O–H groups in total. The van der Waals surface area contributed by atoms with E-state index in [2.05, 4.69) is 6.07 Å². The Labute approximate surface area is 117 Å². The molecule has 0 aliphatic carbocycles. The van der Waals surface area contributed by atoms with Gasteiger partial charge in [0, 0.05) is 17.2 Å². The second kappa shape index (κ2) is 5.20. The SMILES string of the molecule is N#C/C=C1/c2ccccc2COc2cc(CO)ccc21. The largest absolute Gasteiger partial charge is 0.488 e. The van der Waals surface area contributed by atoms with Crippen LogP contribution in [0.2, 0.25) is 0 Å². The average Bonchev–Trinajstić information content (AvgIpc) is 2.65. The number of benzene rings is 2. The zero-order chi connectivity index (χ0) is 13.9. The Morgan fingerprint density at radius 2 is 2.05 bits per heavy atom. The fraction of sp³-hybridized carbons (Fsp3) is 0.118. The highest BCUT2D eigenvalue weighted by atomic mass is 16.5. The maximum absolute atomic E-state index is 9.23. The molecule has 20 heavy (non-hydrogen) atoms. The molecule has 0 atom stereocenters. The van der Waals surface area contributed by atoms with Crippen LogP contribution in [0.4, 0.5) is 0 Å². The van der Waals surface area contributed by atoms with Gasteiger partial charge in [-0.3, -0.25) is 0 Å². The first-order valence-electron chi connectivity index (χ1n) is 6.38. The number of hydrogen-bond acceptors (Lipinski definition) is 3. The molecule has 0 saturated carbocycles. The molecule has 0 saturated heterocycles. The lowest BCUT2D eigenvalue weighted by Gasteiger charge is -2.10. The second-order valence-electron chi connectivity index (χ2n) is 4.62. The molecule has 1 aliphatic rings. The van der Waals surface area contributed by atoms with Crippen LogP contribution in [0.1, 0.15) is 22.3 Å². The van der Waals surface area contributed by atoms with E-state index in [9.17, 15) is 5.11 Å². The number of ether oxygens (including phenoxy) is 1. The van der Waals surface area contributed by atoms with Crippen molar-refractivity contribution in [3.63, 3.8) is 0 Å². The predicted molar refractivity (Wildman–Crippen MR) is 75.8 cm³/mol. The quantitative estimate of drug-likeness (QED) is 0.805. The summed E-state index contributed by atoms with van der Waals surface area (Å²) < 4.78 is 5.83. The van der Waals surface area contributed by atoms with E-state index in [0.29, 0.717) is 12.4 Å². The number of aliphatic hydroxyl groups excluding tert-OH is 1. The van der Waals surface area contributed by atoms with Crippen LogP contribution >= 0.6 is 0 Å². The standard InChI is InChI=1S/C17H13NO2/c18-8-7-15-14-4-2-1-3-13(14)11-20-17-9-12(10-19)5-6-16(15)17/h1-7,9,19H,10-11H2/b15-7-. The zero-order valence-corrected chi connectivity index (χ0v) is 10.8. The lowest BCUT2D eigenvalue weighted by molar-refractivity contribution is 0.278. The summed E-state index contributed by atoms with van der Waals surface area (Å²) in [5.41, 5.74) is 4.61. The first kappa shape index (κ1) is 12.5. The highest BCUT2D eigenvalue weighted by molar-refractivity contribution is 5.86. The third-order valence-corrected chi connectivity index (χ3v) is 3.42. The number of allylic oxidation sites excluding steroid dienone is 1. The number of fused-ring (bicyclic) bond motifs is 2. The molecule has 0 aromatic heterocycles. The topological polar surface area (TPSA) is 53.2 Å². The van der Waals surface area contributed by atoms with Crippen LogP contribution in [-0.4, -0.2) is 5.11 Å². The molecular weight excluding hydrogens is 250 g/mol. The van der Waals surface area contributed by atoms with Gasteiger partial charge in [-0.05, 0) is 22.8 Å². The Morgan fingerprint density at radius 1 is 1.20 bits per heavy atom. The summed E-state index contributed by atoms with van der Waals surface area (Å²) in [6, 6.07) is 15.6. The Hall–Kier alpha value is -2.57. The monoisotopic (exact) mass is 263 g/mol. The van der Waals surface area contributed by atoms with Crippen LogP contribution in [0.15, 0.2) is 48.5 Å². The summed E-state index contributed by atoms with van der Waals surface area (Å²) in [5, 5.41) is 18.3. The van der Waals surface area contributed by atoms with Crippen LogP contribution in [0.5, 0.6) is 5.75 Å². The second-order valence-corrected chi connectivity index (χ2v) is 4.62. The molecular formula is C17H13NO2. The van der Waals surface area contributed by atoms with Crippen LogP contribution in [0.3, 0.4) is 0 Å². The van der Waals surface area contributed by atoms with E-state index in [1.54, 1.807) is 6.08 Å². The highest BCUT2D eigenvalue weighted by Crippen LogP contribution is 2.37. The van der Waals surface area contributed by atoms with Crippen LogP contribution in [-0.2, 0) is 13.2 Å². The van der Waals surface area contributed by atoms with E-state index >= 15 is 0 Å². The smallest absolute Gasteiger partial charge is 0.128 e. The normalized spacial score (nSPS) is 14.7. The number of nitriles is 1. The van der Waals surface area contributed by atoms with Gasteiger partial charge < -0.3 is 9.84 Å². The van der Waals surface area contributed by atoms with Crippen LogP contribution < -0.4 is 4.74 Å². The molecule has 3 rings (SSSR count). The molecule has 3 nitrogen and oxygen atoms in total. The maximum atomic E-state index is 9.23. The predicted octanol–water partition coefficient (Wildman–Crippen LogP) is 3.03. The lowest BCUT2D eigenvalue weighted by atomic mass is 9.93. The van der Waals surface area contributed by atoms with Crippen molar-refractivity contribution in [2.24, 2.45) is 0 Å². The van der Waals surface area contributed by atoms with Gasteiger partial charge in [0.2, 0.25) is 0 Å². The van der Waals surface area contributed by atoms with Gasteiger partial charge in [0.1, 0.15) is 12.4 Å². The number of hydrogen-bond donors (Lipinski definition) is 1. The third-order valence-electron chi connectivity index (χ3n) is 3.42. The van der Waals surface area contributed by atoms with Crippen molar-refractivity contribution in [3.8, 4) is 11.8 Å². The van der Waals surface area contributed by atoms with Gasteiger partial charge in [0.25, 0.3) is 0 Å². The van der Waals surface area contributed by atoms with E-state index in [4.69, 9.17) is 10.00 Å². The van der Waals surface area contributed by atoms with Crippen molar-refractivity contribution in [3.05, 3.63) is 70.8 Å². The summed E-state index contributed by atoms with van der Waals surface area (Å²) in [6.45, 7) is 0.432. The van der Waals surface area contributed by atoms with Gasteiger partial charge in [-0.2, -0.15) is 5.26 Å². The molecule has 98 valence electrons. The van der Waals surface area contributed by atoms with Crippen molar-refractivity contribution >= 4 is 5.57 Å². The Balaban J connectivity index is 2.23. The van der Waals surface area contributed by atoms with Crippen molar-refractivity contribution in [2.75, 3.05) is 0 Å². The maximum Gasteiger partial charge on any atom is 0.128 e. The molecule has 0 radical (unpaired) electrons. The molecule has 2 aromatic carbocycles. The molecule has 0 unspecified atom stereocenters. The molecule has 0 spiro atoms. The average molecular weight is 263 g/mol. The summed E-state index contributed by atoms with van der Waals surface area (Å²) in [7, 11) is 0. The molecule has 0 bridgehead atoms. The van der Waals surface area contributed by atoms with Crippen molar-refractivity contribution in [1.29, 1.82) is 5.26 Å². The lowest BCUT2D eigenvalue weighted by Crippen LogP contribution is -1.95. The fourth-order valence-electron chi connectivity index (χ4n) is 2.44. The van der Waals surface area contributed by atoms with E-state index in [1.807, 2.05) is 42.5 Å². The minimum Gasteiger partial charge on any atom is -0.488 e. The van der Waals surface area contributed by atoms with Gasteiger partial charge in [-0.25, -0.2) is 0 Å². The molecule has 0 amide bonds. The Morgan fingerprint density at radius 3 is 2.85 bits per heavy atom. The number of rotatable bonds is 1. The van der Waals surface area contributed by atoms with Crippen LogP contribution in [0.25, 0.3) is 5.57 Å². The van der Waals surface area contributed by atoms with Gasteiger partial charge in [0.15, 0.2) is 0 Å². The summed E-state index contributed by atoms with van der Waals surface area (Å²) >= 11 is 0. The van der Waals surface area contributed by atoms with Gasteiger partial charge in [-0.1, -0.05) is 36.4 Å². The minimum absolute atomic E-state index is 0.0269. The first-order chi connectivity index (χ1) is 9.83. The van der Waals surface area contributed by atoms with Crippen LogP contribution in [0, 0.1) is 11.3 Å². The van der Waals surface area contributed by atoms with Crippen molar-refractivity contribution in [2.45, 2.75) is 13.2 Å². The molecule has 3 heteroatoms. The summed E-state index contributed by atoms with van der Waals surface area (Å²) in [6.07, 6.45) is 1.55. The van der Waals surface area contributed by atoms with E-state index < -0.39 is 0 Å². The number of nitrogens with zero attached hydrogens (tertiary/aromatic N) is 1. The van der Waals surface area contributed by atoms with E-state index in [-0.39, 0.29) is 6.61 Å². The molecule has 1 heterocycles. The Bertz CT molecular complexity index is 726. The minimum atomic E-state index is -0.0269. The zero-order valence-electron chi connectivity index (χ0n) is 10.8. The van der Waals surface area contributed by atoms with Gasteiger partial charge in [-0.15, -0.1) is 0 Å². The highest BCUT2D eigenvalue weighted by Gasteiger charge is 2.19.